The van der Waals surface area contributed by atoms with Gasteiger partial charge in [-0.15, -0.1) is 0 Å². The molecule has 0 aliphatic carbocycles. The van der Waals surface area contributed by atoms with E-state index < -0.39 is 5.97 Å². The van der Waals surface area contributed by atoms with Gasteiger partial charge in [0.2, 0.25) is 5.91 Å². The summed E-state index contributed by atoms with van der Waals surface area (Å²) in [6.45, 7) is 4.90. The number of anilines is 1. The fraction of sp³-hybridized carbons (Fsp3) is 0.304. The molecule has 0 aliphatic heterocycles. The third kappa shape index (κ3) is 6.68. The summed E-state index contributed by atoms with van der Waals surface area (Å²) >= 11 is 0. The molecule has 1 amide bonds. The van der Waals surface area contributed by atoms with Crippen LogP contribution in [-0.2, 0) is 9.53 Å². The van der Waals surface area contributed by atoms with Crippen LogP contribution >= 0.6 is 0 Å². The van der Waals surface area contributed by atoms with Crippen LogP contribution in [0.2, 0.25) is 0 Å². The number of nitrogens with one attached hydrogen (secondary N) is 1. The van der Waals surface area contributed by atoms with E-state index in [0.29, 0.717) is 35.3 Å². The highest BCUT2D eigenvalue weighted by atomic mass is 16.5. The zero-order chi connectivity index (χ0) is 21.2. The van der Waals surface area contributed by atoms with Crippen LogP contribution in [0.4, 0.5) is 5.69 Å². The quantitative estimate of drug-likeness (QED) is 0.496. The zero-order valence-corrected chi connectivity index (χ0v) is 17.2. The summed E-state index contributed by atoms with van der Waals surface area (Å²) < 4.78 is 15.9. The van der Waals surface area contributed by atoms with Gasteiger partial charge in [-0.2, -0.15) is 0 Å². The van der Waals surface area contributed by atoms with Gasteiger partial charge in [0.15, 0.2) is 11.5 Å². The standard InChI is InChI=1S/C23H27NO5/c1-16(2)13-14-29-20-11-9-17(15-21(20)27-3)10-12-22(25)24-19-8-6-5-7-18(19)23(26)28-4/h5-12,15-16H,13-14H2,1-4H3,(H,24,25)/b12-10+. The molecule has 0 aliphatic rings. The number of methoxy groups -OCH3 is 2. The first kappa shape index (κ1) is 22.0. The number of amides is 1. The van der Waals surface area contributed by atoms with Gasteiger partial charge in [-0.25, -0.2) is 4.79 Å². The predicted octanol–water partition coefficient (Wildman–Crippen LogP) is 4.56. The van der Waals surface area contributed by atoms with Crippen LogP contribution < -0.4 is 14.8 Å². The Balaban J connectivity index is 2.06. The lowest BCUT2D eigenvalue weighted by atomic mass is 10.1. The molecule has 6 nitrogen and oxygen atoms in total. The second-order valence-corrected chi connectivity index (χ2v) is 6.80. The minimum atomic E-state index is -0.511. The molecule has 154 valence electrons. The van der Waals surface area contributed by atoms with E-state index in [4.69, 9.17) is 14.2 Å². The Morgan fingerprint density at radius 2 is 1.83 bits per heavy atom. The van der Waals surface area contributed by atoms with Crippen molar-refractivity contribution in [3.05, 3.63) is 59.7 Å². The van der Waals surface area contributed by atoms with Crippen molar-refractivity contribution >= 4 is 23.6 Å². The maximum atomic E-state index is 12.3. The van der Waals surface area contributed by atoms with Crippen LogP contribution in [0.1, 0.15) is 36.2 Å². The Morgan fingerprint density at radius 3 is 2.52 bits per heavy atom. The van der Waals surface area contributed by atoms with E-state index in [0.717, 1.165) is 12.0 Å². The minimum absolute atomic E-state index is 0.293. The first-order valence-corrected chi connectivity index (χ1v) is 9.41. The van der Waals surface area contributed by atoms with Crippen molar-refractivity contribution < 1.29 is 23.8 Å². The lowest BCUT2D eigenvalue weighted by molar-refractivity contribution is -0.111. The number of hydrogen-bond donors (Lipinski definition) is 1. The Labute approximate surface area is 171 Å². The monoisotopic (exact) mass is 397 g/mol. The van der Waals surface area contributed by atoms with Crippen LogP contribution in [0, 0.1) is 5.92 Å². The van der Waals surface area contributed by atoms with Gasteiger partial charge in [-0.05, 0) is 48.2 Å². The molecule has 0 unspecified atom stereocenters. The number of carbonyl (C=O) groups is 2. The molecule has 0 saturated carbocycles. The number of benzene rings is 2. The third-order valence-corrected chi connectivity index (χ3v) is 4.16. The number of carbonyl (C=O) groups excluding carboxylic acids is 2. The first-order valence-electron chi connectivity index (χ1n) is 9.41. The van der Waals surface area contributed by atoms with E-state index in [1.165, 1.54) is 13.2 Å². The van der Waals surface area contributed by atoms with Crippen molar-refractivity contribution in [1.29, 1.82) is 0 Å². The van der Waals surface area contributed by atoms with Gasteiger partial charge in [-0.3, -0.25) is 4.79 Å². The maximum absolute atomic E-state index is 12.3. The fourth-order valence-corrected chi connectivity index (χ4v) is 2.54. The number of ether oxygens (including phenoxy) is 3. The first-order chi connectivity index (χ1) is 13.9. The van der Waals surface area contributed by atoms with Crippen LogP contribution in [0.3, 0.4) is 0 Å². The zero-order valence-electron chi connectivity index (χ0n) is 17.2. The van der Waals surface area contributed by atoms with Gasteiger partial charge in [0.25, 0.3) is 0 Å². The Bertz CT molecular complexity index is 873. The van der Waals surface area contributed by atoms with Crippen LogP contribution in [0.25, 0.3) is 6.08 Å². The largest absolute Gasteiger partial charge is 0.493 e. The van der Waals surface area contributed by atoms with Crippen molar-refractivity contribution in [2.45, 2.75) is 20.3 Å². The summed E-state index contributed by atoms with van der Waals surface area (Å²) in [6.07, 6.45) is 4.01. The van der Waals surface area contributed by atoms with Crippen LogP contribution in [0.15, 0.2) is 48.5 Å². The normalized spacial score (nSPS) is 10.8. The van der Waals surface area contributed by atoms with E-state index in [-0.39, 0.29) is 5.91 Å². The van der Waals surface area contributed by atoms with Crippen molar-refractivity contribution in [1.82, 2.24) is 0 Å². The topological polar surface area (TPSA) is 73.9 Å². The lowest BCUT2D eigenvalue weighted by Gasteiger charge is -2.12. The predicted molar refractivity (Wildman–Crippen MR) is 113 cm³/mol. The smallest absolute Gasteiger partial charge is 0.339 e. The number of rotatable bonds is 9. The molecule has 0 spiro atoms. The summed E-state index contributed by atoms with van der Waals surface area (Å²) in [6, 6.07) is 12.1. The number of hydrogen-bond acceptors (Lipinski definition) is 5. The average molecular weight is 397 g/mol. The highest BCUT2D eigenvalue weighted by Gasteiger charge is 2.12. The molecule has 2 rings (SSSR count). The Hall–Kier alpha value is -3.28. The molecule has 0 heterocycles. The van der Waals surface area contributed by atoms with Crippen molar-refractivity contribution in [3.8, 4) is 11.5 Å². The van der Waals surface area contributed by atoms with Gasteiger partial charge < -0.3 is 19.5 Å². The second-order valence-electron chi connectivity index (χ2n) is 6.80. The van der Waals surface area contributed by atoms with Gasteiger partial charge in [0, 0.05) is 6.08 Å². The Kier molecular flexibility index (Phi) is 8.27. The SMILES string of the molecule is COC(=O)c1ccccc1NC(=O)/C=C/c1ccc(OCCC(C)C)c(OC)c1. The molecule has 2 aromatic carbocycles. The average Bonchev–Trinajstić information content (AvgIpc) is 2.72. The molecule has 0 fully saturated rings. The molecule has 0 atom stereocenters. The molecule has 1 N–H and O–H groups in total. The van der Waals surface area contributed by atoms with E-state index in [1.54, 1.807) is 43.5 Å². The maximum Gasteiger partial charge on any atom is 0.339 e. The van der Waals surface area contributed by atoms with E-state index >= 15 is 0 Å². The number of para-hydroxylation sites is 1. The van der Waals surface area contributed by atoms with Gasteiger partial charge in [0.05, 0.1) is 32.1 Å². The van der Waals surface area contributed by atoms with E-state index in [2.05, 4.69) is 19.2 Å². The van der Waals surface area contributed by atoms with Crippen LogP contribution in [0.5, 0.6) is 11.5 Å². The highest BCUT2D eigenvalue weighted by Crippen LogP contribution is 2.29. The molecular formula is C23H27NO5. The summed E-state index contributed by atoms with van der Waals surface area (Å²) in [4.78, 5) is 24.1. The minimum Gasteiger partial charge on any atom is -0.493 e. The summed E-state index contributed by atoms with van der Waals surface area (Å²) in [5, 5.41) is 2.69. The Morgan fingerprint density at radius 1 is 1.07 bits per heavy atom. The van der Waals surface area contributed by atoms with Crippen molar-refractivity contribution in [3.63, 3.8) is 0 Å². The van der Waals surface area contributed by atoms with Gasteiger partial charge in [0.1, 0.15) is 0 Å². The summed E-state index contributed by atoms with van der Waals surface area (Å²) in [5.74, 6) is 0.959. The molecular weight excluding hydrogens is 370 g/mol. The number of esters is 1. The van der Waals surface area contributed by atoms with E-state index in [1.807, 2.05) is 12.1 Å². The molecule has 0 radical (unpaired) electrons. The summed E-state index contributed by atoms with van der Waals surface area (Å²) in [7, 11) is 2.87. The molecule has 2 aromatic rings. The fourth-order valence-electron chi connectivity index (χ4n) is 2.54. The molecule has 0 bridgehead atoms. The highest BCUT2D eigenvalue weighted by molar-refractivity contribution is 6.06. The molecule has 0 saturated heterocycles. The van der Waals surface area contributed by atoms with E-state index in [9.17, 15) is 9.59 Å². The van der Waals surface area contributed by atoms with Gasteiger partial charge in [-0.1, -0.05) is 32.0 Å². The second kappa shape index (κ2) is 10.9. The molecule has 0 aromatic heterocycles. The van der Waals surface area contributed by atoms with Gasteiger partial charge >= 0.3 is 5.97 Å². The van der Waals surface area contributed by atoms with Crippen molar-refractivity contribution in [2.24, 2.45) is 5.92 Å². The molecule has 6 heteroatoms. The molecule has 29 heavy (non-hydrogen) atoms. The third-order valence-electron chi connectivity index (χ3n) is 4.16. The lowest BCUT2D eigenvalue weighted by Crippen LogP contribution is -2.12. The van der Waals surface area contributed by atoms with Crippen molar-refractivity contribution in [2.75, 3.05) is 26.1 Å². The summed E-state index contributed by atoms with van der Waals surface area (Å²) in [5.41, 5.74) is 1.47. The van der Waals surface area contributed by atoms with Crippen LogP contribution in [-0.4, -0.2) is 32.7 Å².